The van der Waals surface area contributed by atoms with Crippen molar-refractivity contribution in [2.75, 3.05) is 0 Å². The van der Waals surface area contributed by atoms with Gasteiger partial charge in [0.05, 0.1) is 16.3 Å². The number of hydrogen-bond donors (Lipinski definition) is 0. The first kappa shape index (κ1) is 20.7. The Kier molecular flexibility index (Phi) is 5.50. The number of esters is 2. The van der Waals surface area contributed by atoms with Gasteiger partial charge in [-0.3, -0.25) is 14.4 Å². The molecule has 6 nitrogen and oxygen atoms in total. The Hall–Kier alpha value is -2.63. The average molecular weight is 373 g/mol. The molecular formula is C21H27NO5. The van der Waals surface area contributed by atoms with Crippen LogP contribution >= 0.6 is 0 Å². The molecule has 0 saturated heterocycles. The van der Waals surface area contributed by atoms with Crippen LogP contribution in [0.15, 0.2) is 29.2 Å². The quantitative estimate of drug-likeness (QED) is 0.602. The highest BCUT2D eigenvalue weighted by Crippen LogP contribution is 2.34. The second-order valence-corrected chi connectivity index (χ2v) is 8.56. The molecule has 0 radical (unpaired) electrons. The molecule has 0 aliphatic carbocycles. The minimum atomic E-state index is -0.749. The van der Waals surface area contributed by atoms with Crippen molar-refractivity contribution >= 4 is 22.8 Å². The topological polar surface area (TPSA) is 74.6 Å². The van der Waals surface area contributed by atoms with E-state index in [-0.39, 0.29) is 16.9 Å². The van der Waals surface area contributed by atoms with Crippen molar-refractivity contribution < 1.29 is 19.1 Å². The Morgan fingerprint density at radius 1 is 0.926 bits per heavy atom. The van der Waals surface area contributed by atoms with E-state index in [1.54, 1.807) is 53.8 Å². The van der Waals surface area contributed by atoms with Gasteiger partial charge in [0, 0.05) is 30.3 Å². The number of hydrogen-bond acceptors (Lipinski definition) is 5. The van der Waals surface area contributed by atoms with Gasteiger partial charge in [0.1, 0.15) is 0 Å². The zero-order valence-electron chi connectivity index (χ0n) is 17.0. The first-order valence-corrected chi connectivity index (χ1v) is 8.96. The van der Waals surface area contributed by atoms with Crippen molar-refractivity contribution in [3.8, 4) is 11.5 Å². The van der Waals surface area contributed by atoms with Gasteiger partial charge in [-0.25, -0.2) is 0 Å². The molecule has 0 saturated carbocycles. The van der Waals surface area contributed by atoms with Gasteiger partial charge < -0.3 is 14.0 Å². The molecule has 0 amide bonds. The van der Waals surface area contributed by atoms with E-state index in [2.05, 4.69) is 0 Å². The predicted octanol–water partition coefficient (Wildman–Crippen LogP) is 3.92. The molecule has 1 heterocycles. The Balaban J connectivity index is 2.67. The lowest BCUT2D eigenvalue weighted by molar-refractivity contribution is -0.145. The maximum absolute atomic E-state index is 12.4. The number of carbonyl (C=O) groups is 2. The van der Waals surface area contributed by atoms with Crippen LogP contribution in [0.4, 0.5) is 0 Å². The van der Waals surface area contributed by atoms with Gasteiger partial charge in [-0.15, -0.1) is 0 Å². The average Bonchev–Trinajstić information content (AvgIpc) is 2.54. The summed E-state index contributed by atoms with van der Waals surface area (Å²) in [5.41, 5.74) is -1.07. The standard InChI is InChI=1S/C21H27NO5/c1-8-22-10-9-15(23)13-11-16(26-18(24)20(2,3)4)17(12-14(13)22)27-19(25)21(5,6)7/h9-12H,8H2,1-7H3. The number of ether oxygens (including phenoxy) is 2. The fourth-order valence-electron chi connectivity index (χ4n) is 2.25. The number of pyridine rings is 1. The third-order valence-corrected chi connectivity index (χ3v) is 4.01. The minimum absolute atomic E-state index is 0.0611. The highest BCUT2D eigenvalue weighted by Gasteiger charge is 2.28. The summed E-state index contributed by atoms with van der Waals surface area (Å²) in [6, 6.07) is 4.51. The number of aryl methyl sites for hydroxylation is 1. The van der Waals surface area contributed by atoms with Crippen LogP contribution in [0.25, 0.3) is 10.9 Å². The molecule has 0 fully saturated rings. The van der Waals surface area contributed by atoms with Gasteiger partial charge in [-0.2, -0.15) is 0 Å². The molecule has 0 spiro atoms. The van der Waals surface area contributed by atoms with Crippen LogP contribution in [0.5, 0.6) is 11.5 Å². The molecule has 1 aromatic heterocycles. The molecule has 2 aromatic rings. The molecule has 2 rings (SSSR count). The molecule has 6 heteroatoms. The van der Waals surface area contributed by atoms with E-state index in [1.165, 1.54) is 12.1 Å². The van der Waals surface area contributed by atoms with Crippen LogP contribution in [0.1, 0.15) is 48.5 Å². The summed E-state index contributed by atoms with van der Waals surface area (Å²) in [7, 11) is 0. The van der Waals surface area contributed by atoms with Crippen LogP contribution in [-0.2, 0) is 16.1 Å². The first-order valence-electron chi connectivity index (χ1n) is 8.96. The lowest BCUT2D eigenvalue weighted by Gasteiger charge is -2.21. The number of rotatable bonds is 3. The zero-order valence-corrected chi connectivity index (χ0v) is 17.0. The second kappa shape index (κ2) is 7.18. The van der Waals surface area contributed by atoms with Crippen molar-refractivity contribution in [3.05, 3.63) is 34.6 Å². The number of carbonyl (C=O) groups excluding carboxylic acids is 2. The largest absolute Gasteiger partial charge is 0.422 e. The van der Waals surface area contributed by atoms with E-state index in [1.807, 2.05) is 11.5 Å². The van der Waals surface area contributed by atoms with Gasteiger partial charge >= 0.3 is 11.9 Å². The van der Waals surface area contributed by atoms with Gasteiger partial charge in [0.2, 0.25) is 0 Å². The Labute approximate surface area is 159 Å². The lowest BCUT2D eigenvalue weighted by atomic mass is 9.97. The number of nitrogens with zero attached hydrogens (tertiary/aromatic N) is 1. The Bertz CT molecular complexity index is 942. The highest BCUT2D eigenvalue weighted by molar-refractivity contribution is 5.87. The molecule has 1 aromatic carbocycles. The summed E-state index contributed by atoms with van der Waals surface area (Å²) in [6.45, 7) is 12.9. The van der Waals surface area contributed by atoms with E-state index in [4.69, 9.17) is 9.47 Å². The van der Waals surface area contributed by atoms with Gasteiger partial charge in [0.15, 0.2) is 16.9 Å². The smallest absolute Gasteiger partial charge is 0.316 e. The predicted molar refractivity (Wildman–Crippen MR) is 104 cm³/mol. The summed E-state index contributed by atoms with van der Waals surface area (Å²) in [5, 5.41) is 0.395. The number of aromatic nitrogens is 1. The van der Waals surface area contributed by atoms with E-state index < -0.39 is 22.8 Å². The minimum Gasteiger partial charge on any atom is -0.422 e. The molecule has 0 aliphatic heterocycles. The molecule has 0 unspecified atom stereocenters. The van der Waals surface area contributed by atoms with Crippen LogP contribution in [0.3, 0.4) is 0 Å². The first-order chi connectivity index (χ1) is 12.3. The number of fused-ring (bicyclic) bond motifs is 1. The van der Waals surface area contributed by atoms with E-state index in [0.717, 1.165) is 0 Å². The van der Waals surface area contributed by atoms with Crippen molar-refractivity contribution in [1.82, 2.24) is 4.57 Å². The maximum atomic E-state index is 12.4. The summed E-state index contributed by atoms with van der Waals surface area (Å²) in [5.74, 6) is -0.767. The lowest BCUT2D eigenvalue weighted by Crippen LogP contribution is -2.28. The van der Waals surface area contributed by atoms with Gasteiger partial charge in [0.25, 0.3) is 0 Å². The molecule has 0 aliphatic rings. The highest BCUT2D eigenvalue weighted by atomic mass is 16.6. The van der Waals surface area contributed by atoms with Gasteiger partial charge in [-0.05, 0) is 54.5 Å². The molecule has 0 bridgehead atoms. The van der Waals surface area contributed by atoms with E-state index in [0.29, 0.717) is 17.4 Å². The van der Waals surface area contributed by atoms with Crippen molar-refractivity contribution in [2.24, 2.45) is 10.8 Å². The third-order valence-electron chi connectivity index (χ3n) is 4.01. The molecule has 146 valence electrons. The van der Waals surface area contributed by atoms with E-state index >= 15 is 0 Å². The number of benzene rings is 1. The summed E-state index contributed by atoms with van der Waals surface area (Å²) in [6.07, 6.45) is 1.68. The van der Waals surface area contributed by atoms with Crippen molar-refractivity contribution in [2.45, 2.75) is 55.0 Å². The summed E-state index contributed by atoms with van der Waals surface area (Å²) < 4.78 is 12.9. The third kappa shape index (κ3) is 4.56. The second-order valence-electron chi connectivity index (χ2n) is 8.56. The van der Waals surface area contributed by atoms with Crippen molar-refractivity contribution in [3.63, 3.8) is 0 Å². The van der Waals surface area contributed by atoms with Crippen LogP contribution in [0.2, 0.25) is 0 Å². The monoisotopic (exact) mass is 373 g/mol. The van der Waals surface area contributed by atoms with Crippen LogP contribution in [-0.4, -0.2) is 16.5 Å². The maximum Gasteiger partial charge on any atom is 0.316 e. The fraction of sp³-hybridized carbons (Fsp3) is 0.476. The van der Waals surface area contributed by atoms with Gasteiger partial charge in [-0.1, -0.05) is 0 Å². The summed E-state index contributed by atoms with van der Waals surface area (Å²) in [4.78, 5) is 37.1. The van der Waals surface area contributed by atoms with E-state index in [9.17, 15) is 14.4 Å². The Morgan fingerprint density at radius 2 is 1.41 bits per heavy atom. The normalized spacial score (nSPS) is 12.1. The summed E-state index contributed by atoms with van der Waals surface area (Å²) >= 11 is 0. The van der Waals surface area contributed by atoms with Crippen molar-refractivity contribution in [1.29, 1.82) is 0 Å². The fourth-order valence-corrected chi connectivity index (χ4v) is 2.25. The van der Waals surface area contributed by atoms with Crippen LogP contribution < -0.4 is 14.9 Å². The molecular weight excluding hydrogens is 346 g/mol. The molecule has 27 heavy (non-hydrogen) atoms. The zero-order chi connectivity index (χ0) is 20.6. The Morgan fingerprint density at radius 3 is 1.85 bits per heavy atom. The molecule has 0 atom stereocenters. The van der Waals surface area contributed by atoms with Crippen LogP contribution in [0, 0.1) is 10.8 Å². The SMILES string of the molecule is CCn1ccc(=O)c2cc(OC(=O)C(C)(C)C)c(OC(=O)C(C)(C)C)cc21. The molecule has 0 N–H and O–H groups in total.